The van der Waals surface area contributed by atoms with Gasteiger partial charge in [0.25, 0.3) is 0 Å². The van der Waals surface area contributed by atoms with Gasteiger partial charge in [-0.25, -0.2) is 27.5 Å². The number of rotatable bonds is 2. The van der Waals surface area contributed by atoms with Crippen LogP contribution in [0.15, 0.2) is 73.3 Å². The number of nitrogens with zero attached hydrogens (tertiary/aromatic N) is 4. The van der Waals surface area contributed by atoms with E-state index in [9.17, 15) is 37.4 Å². The normalized spacial score (nSPS) is 9.69. The summed E-state index contributed by atoms with van der Waals surface area (Å²) in [5.41, 5.74) is 0.189. The van der Waals surface area contributed by atoms with Gasteiger partial charge in [-0.1, -0.05) is 93.9 Å². The Morgan fingerprint density at radius 2 is 0.911 bits per heavy atom. The van der Waals surface area contributed by atoms with Gasteiger partial charge in [-0.3, -0.25) is 9.97 Å². The zero-order chi connectivity index (χ0) is 33.4. The molecule has 45 heavy (non-hydrogen) atoms. The number of carbonyl (C=O) groups is 2. The second-order valence-corrected chi connectivity index (χ2v) is 11.2. The van der Waals surface area contributed by atoms with Crippen molar-refractivity contribution in [2.24, 2.45) is 0 Å². The minimum atomic E-state index is -1.76. The van der Waals surface area contributed by atoms with Crippen LogP contribution in [0.3, 0.4) is 0 Å². The quantitative estimate of drug-likeness (QED) is 0.0894. The van der Waals surface area contributed by atoms with Gasteiger partial charge < -0.3 is 19.8 Å². The molecule has 0 saturated carbocycles. The molecule has 0 aliphatic heterocycles. The molecule has 1 aromatic carbocycles. The molecule has 0 radical (unpaired) electrons. The molecule has 0 atom stereocenters. The fourth-order valence-electron chi connectivity index (χ4n) is 2.81. The van der Waals surface area contributed by atoms with Crippen molar-refractivity contribution in [1.29, 1.82) is 0 Å². The Kier molecular flexibility index (Phi) is 20.7. The minimum absolute atomic E-state index is 0. The molecule has 0 N–H and O–H groups in total. The minimum Gasteiger partial charge on any atom is -0.543 e. The van der Waals surface area contributed by atoms with E-state index in [0.29, 0.717) is 24.5 Å². The van der Waals surface area contributed by atoms with Gasteiger partial charge in [0.1, 0.15) is 23.0 Å². The van der Waals surface area contributed by atoms with E-state index in [4.69, 9.17) is 69.6 Å². The second-order valence-electron chi connectivity index (χ2n) is 7.25. The van der Waals surface area contributed by atoms with Gasteiger partial charge in [-0.2, -0.15) is 0 Å². The van der Waals surface area contributed by atoms with Gasteiger partial charge >= 0.3 is 19.5 Å². The van der Waals surface area contributed by atoms with Crippen LogP contribution in [0.4, 0.5) is 17.6 Å². The van der Waals surface area contributed by atoms with E-state index >= 15 is 0 Å². The zero-order valence-corrected chi connectivity index (χ0v) is 29.5. The fourth-order valence-corrected chi connectivity index (χ4v) is 2.81. The van der Waals surface area contributed by atoms with Gasteiger partial charge in [0, 0.05) is 35.3 Å². The molecular formula is C26H14Cl6F4N4O4Zn. The number of halogens is 10. The Hall–Kier alpha value is -2.64. The smallest absolute Gasteiger partial charge is 0.543 e. The van der Waals surface area contributed by atoms with Gasteiger partial charge in [0.2, 0.25) is 0 Å². The Balaban J connectivity index is 0.000000576. The van der Waals surface area contributed by atoms with Crippen molar-refractivity contribution in [3.8, 4) is 0 Å². The molecule has 0 bridgehead atoms. The monoisotopic (exact) mass is 796 g/mol. The van der Waals surface area contributed by atoms with Crippen LogP contribution in [0.1, 0.15) is 21.0 Å². The molecule has 0 fully saturated rings. The van der Waals surface area contributed by atoms with E-state index in [1.54, 1.807) is 12.4 Å². The fraction of sp³-hybridized carbons (Fsp3) is 0.0769. The Morgan fingerprint density at radius 3 is 1.18 bits per heavy atom. The largest absolute Gasteiger partial charge is 2.00 e. The summed E-state index contributed by atoms with van der Waals surface area (Å²) in [7, 11) is 0. The number of benzene rings is 1. The Labute approximate surface area is 295 Å². The van der Waals surface area contributed by atoms with Crippen molar-refractivity contribution in [1.82, 2.24) is 19.9 Å². The number of fused-ring (bicyclic) bond motifs is 3. The summed E-state index contributed by atoms with van der Waals surface area (Å²) >= 11 is 28.8. The van der Waals surface area contributed by atoms with Crippen LogP contribution in [0.25, 0.3) is 21.8 Å². The van der Waals surface area contributed by atoms with Crippen LogP contribution in [0.5, 0.6) is 0 Å². The van der Waals surface area contributed by atoms with Crippen molar-refractivity contribution >= 4 is 103 Å². The van der Waals surface area contributed by atoms with E-state index < -0.39 is 55.2 Å². The molecule has 5 rings (SSSR count). The number of hydrogen-bond donors (Lipinski definition) is 0. The maximum absolute atomic E-state index is 12.4. The number of hydrogen-bond acceptors (Lipinski definition) is 8. The van der Waals surface area contributed by atoms with Crippen molar-refractivity contribution in [2.75, 3.05) is 0 Å². The number of alkyl halides is 6. The van der Waals surface area contributed by atoms with Crippen LogP contribution in [0.2, 0.25) is 0 Å². The van der Waals surface area contributed by atoms with Crippen LogP contribution in [0, 0.1) is 23.3 Å². The number of pyridine rings is 4. The van der Waals surface area contributed by atoms with E-state index in [1.807, 2.05) is 12.1 Å². The molecule has 19 heteroatoms. The third kappa shape index (κ3) is 16.5. The average Bonchev–Trinajstić information content (AvgIpc) is 2.92. The molecule has 0 spiro atoms. The van der Waals surface area contributed by atoms with E-state index in [-0.39, 0.29) is 19.5 Å². The van der Waals surface area contributed by atoms with Crippen LogP contribution < -0.4 is 10.2 Å². The summed E-state index contributed by atoms with van der Waals surface area (Å²) in [4.78, 5) is 34.6. The van der Waals surface area contributed by atoms with Gasteiger partial charge in [0.05, 0.1) is 35.4 Å². The van der Waals surface area contributed by atoms with E-state index in [0.717, 1.165) is 21.8 Å². The van der Waals surface area contributed by atoms with Crippen LogP contribution >= 0.6 is 69.6 Å². The molecule has 0 aliphatic rings. The molecule has 5 aromatic rings. The van der Waals surface area contributed by atoms with E-state index in [1.165, 1.54) is 0 Å². The van der Waals surface area contributed by atoms with Crippen LogP contribution in [-0.2, 0) is 19.5 Å². The predicted octanol–water partition coefficient (Wildman–Crippen LogP) is 6.20. The standard InChI is InChI=1S/C12H8N2.2C6H3F2NO2.2CHCl3.Zn/c1-3-9-5-6-10-4-2-8-14-12(10)11(9)13-7-1;2*7-3-1-4(8)5(6(10)11)9-2-3;2*2-1(3)4;/h1-8H;2*1-2H,(H,10,11);2*1H;/q;;;;;+2/p-2. The van der Waals surface area contributed by atoms with Crippen LogP contribution in [-0.4, -0.2) is 40.5 Å². The summed E-state index contributed by atoms with van der Waals surface area (Å²) in [6.07, 6.45) is 4.81. The number of carbonyl (C=O) groups excluding carboxylic acids is 2. The van der Waals surface area contributed by atoms with Crippen molar-refractivity contribution in [2.45, 2.75) is 8.59 Å². The second kappa shape index (κ2) is 22.0. The zero-order valence-electron chi connectivity index (χ0n) is 22.0. The molecule has 4 heterocycles. The number of aromatic nitrogens is 4. The first-order valence-corrected chi connectivity index (χ1v) is 13.7. The topological polar surface area (TPSA) is 132 Å². The summed E-state index contributed by atoms with van der Waals surface area (Å²) in [5, 5.41) is 22.3. The molecular weight excluding hydrogens is 786 g/mol. The first-order valence-electron chi connectivity index (χ1n) is 11.1. The number of carboxylic acids is 2. The van der Waals surface area contributed by atoms with Crippen molar-refractivity contribution in [3.63, 3.8) is 0 Å². The molecule has 0 aliphatic carbocycles. The molecule has 8 nitrogen and oxygen atoms in total. The SMILES string of the molecule is ClC(Cl)Cl.ClC(Cl)Cl.O=C([O-])c1ncc(F)cc1F.O=C([O-])c1ncc(F)cc1F.[Zn+2].c1cnc2c(c1)ccc1cccnc12. The Bertz CT molecular complexity index is 1570. The summed E-state index contributed by atoms with van der Waals surface area (Å²) in [5.74, 6) is -7.83. The summed E-state index contributed by atoms with van der Waals surface area (Å²) in [6.45, 7) is 0. The third-order valence-corrected chi connectivity index (χ3v) is 4.35. The predicted molar refractivity (Wildman–Crippen MR) is 157 cm³/mol. The van der Waals surface area contributed by atoms with Gasteiger partial charge in [-0.05, 0) is 12.1 Å². The maximum Gasteiger partial charge on any atom is 2.00 e. The average molecular weight is 801 g/mol. The van der Waals surface area contributed by atoms with Gasteiger partial charge in [-0.15, -0.1) is 0 Å². The first kappa shape index (κ1) is 42.4. The summed E-state index contributed by atoms with van der Waals surface area (Å²) in [6, 6.07) is 13.0. The maximum atomic E-state index is 12.4. The van der Waals surface area contributed by atoms with Gasteiger partial charge in [0.15, 0.2) is 20.2 Å². The number of aromatic carboxylic acids is 2. The van der Waals surface area contributed by atoms with Crippen molar-refractivity contribution in [3.05, 3.63) is 108 Å². The molecule has 0 amide bonds. The number of carboxylic acid groups (broad SMARTS) is 2. The molecule has 234 valence electrons. The van der Waals surface area contributed by atoms with Crippen molar-refractivity contribution < 1.29 is 56.8 Å². The molecule has 4 aromatic heterocycles. The third-order valence-electron chi connectivity index (χ3n) is 4.35. The molecule has 0 unspecified atom stereocenters. The molecule has 0 saturated heterocycles. The first-order chi connectivity index (χ1) is 20.6. The Morgan fingerprint density at radius 1 is 0.600 bits per heavy atom. The van der Waals surface area contributed by atoms with E-state index in [2.05, 4.69) is 44.2 Å². The summed E-state index contributed by atoms with van der Waals surface area (Å²) < 4.78 is 47.4.